The molecule has 1 heterocycles. The molecule has 0 bridgehead atoms. The molecular weight excluding hydrogens is 262 g/mol. The Morgan fingerprint density at radius 1 is 1.33 bits per heavy atom. The maximum atomic E-state index is 12.2. The quantitative estimate of drug-likeness (QED) is 0.887. The summed E-state index contributed by atoms with van der Waals surface area (Å²) in [7, 11) is 1.84. The Bertz CT molecular complexity index is 616. The van der Waals surface area contributed by atoms with E-state index in [4.69, 9.17) is 0 Å². The molecule has 0 spiro atoms. The molecule has 4 heteroatoms. The molecule has 1 amide bonds. The predicted molar refractivity (Wildman–Crippen MR) is 87.2 cm³/mol. The largest absolute Gasteiger partial charge is 0.344 e. The zero-order valence-corrected chi connectivity index (χ0v) is 13.4. The number of fused-ring (bicyclic) bond motifs is 1. The number of hydrogen-bond donors (Lipinski definition) is 1. The normalized spacial score (nSPS) is 11.3. The summed E-state index contributed by atoms with van der Waals surface area (Å²) in [6.07, 6.45) is 2.00. The van der Waals surface area contributed by atoms with Gasteiger partial charge in [-0.15, -0.1) is 0 Å². The van der Waals surface area contributed by atoms with E-state index >= 15 is 0 Å². The van der Waals surface area contributed by atoms with Gasteiger partial charge in [0.15, 0.2) is 0 Å². The van der Waals surface area contributed by atoms with Crippen molar-refractivity contribution in [1.29, 1.82) is 0 Å². The van der Waals surface area contributed by atoms with Crippen LogP contribution in [0.3, 0.4) is 0 Å². The van der Waals surface area contributed by atoms with Crippen LogP contribution in [-0.4, -0.2) is 35.0 Å². The Balaban J connectivity index is 2.30. The first-order chi connectivity index (χ1) is 10.0. The fraction of sp³-hybridized carbons (Fsp3) is 0.471. The fourth-order valence-electron chi connectivity index (χ4n) is 2.37. The second kappa shape index (κ2) is 6.76. The highest BCUT2D eigenvalue weighted by Crippen LogP contribution is 2.20. The molecule has 0 unspecified atom stereocenters. The summed E-state index contributed by atoms with van der Waals surface area (Å²) in [5, 5.41) is 4.63. The Morgan fingerprint density at radius 2 is 2.10 bits per heavy atom. The van der Waals surface area contributed by atoms with Crippen LogP contribution in [-0.2, 0) is 17.9 Å². The highest BCUT2D eigenvalue weighted by molar-refractivity contribution is 5.85. The van der Waals surface area contributed by atoms with Gasteiger partial charge in [0.05, 0.1) is 5.52 Å². The van der Waals surface area contributed by atoms with Crippen molar-refractivity contribution in [1.82, 2.24) is 14.8 Å². The van der Waals surface area contributed by atoms with Crippen LogP contribution in [0.5, 0.6) is 0 Å². The molecule has 0 atom stereocenters. The van der Waals surface area contributed by atoms with Crippen LogP contribution < -0.4 is 5.32 Å². The minimum Gasteiger partial charge on any atom is -0.344 e. The lowest BCUT2D eigenvalue weighted by atomic mass is 10.1. The number of para-hydroxylation sites is 1. The van der Waals surface area contributed by atoms with Crippen LogP contribution in [0.15, 0.2) is 30.5 Å². The standard InChI is InChI=1S/C17H25N3O/c1-5-19(4)16(21)12-20-10-9-14-7-6-8-15(17(14)20)11-18-13(2)3/h6-10,13,18H,5,11-12H2,1-4H3. The Kier molecular flexibility index (Phi) is 5.02. The second-order valence-corrected chi connectivity index (χ2v) is 5.74. The topological polar surface area (TPSA) is 37.3 Å². The highest BCUT2D eigenvalue weighted by atomic mass is 16.2. The Hall–Kier alpha value is -1.81. The molecule has 21 heavy (non-hydrogen) atoms. The monoisotopic (exact) mass is 287 g/mol. The Labute approximate surface area is 126 Å². The molecule has 114 valence electrons. The average molecular weight is 287 g/mol. The number of rotatable bonds is 6. The van der Waals surface area contributed by atoms with Gasteiger partial charge in [0.25, 0.3) is 0 Å². The number of carbonyl (C=O) groups is 1. The highest BCUT2D eigenvalue weighted by Gasteiger charge is 2.12. The molecular formula is C17H25N3O. The van der Waals surface area contributed by atoms with E-state index in [0.717, 1.165) is 18.6 Å². The van der Waals surface area contributed by atoms with E-state index in [1.807, 2.05) is 20.2 Å². The van der Waals surface area contributed by atoms with Crippen molar-refractivity contribution in [3.8, 4) is 0 Å². The molecule has 1 N–H and O–H groups in total. The van der Waals surface area contributed by atoms with Gasteiger partial charge in [-0.2, -0.15) is 0 Å². The van der Waals surface area contributed by atoms with Gasteiger partial charge in [-0.05, 0) is 23.9 Å². The number of nitrogens with zero attached hydrogens (tertiary/aromatic N) is 2. The summed E-state index contributed by atoms with van der Waals surface area (Å²) in [6.45, 7) is 8.21. The summed E-state index contributed by atoms with van der Waals surface area (Å²) in [5.74, 6) is 0.140. The molecule has 4 nitrogen and oxygen atoms in total. The molecule has 0 aliphatic carbocycles. The van der Waals surface area contributed by atoms with Crippen molar-refractivity contribution in [3.05, 3.63) is 36.0 Å². The molecule has 0 aliphatic heterocycles. The molecule has 0 radical (unpaired) electrons. The summed E-state index contributed by atoms with van der Waals surface area (Å²) >= 11 is 0. The number of nitrogens with one attached hydrogen (secondary N) is 1. The van der Waals surface area contributed by atoms with Gasteiger partial charge in [-0.25, -0.2) is 0 Å². The van der Waals surface area contributed by atoms with Crippen molar-refractivity contribution in [2.75, 3.05) is 13.6 Å². The average Bonchev–Trinajstić information content (AvgIpc) is 2.87. The number of likely N-dealkylation sites (N-methyl/N-ethyl adjacent to an activating group) is 1. The number of benzene rings is 1. The number of hydrogen-bond acceptors (Lipinski definition) is 2. The van der Waals surface area contributed by atoms with E-state index in [2.05, 4.69) is 48.0 Å². The molecule has 1 aromatic carbocycles. The van der Waals surface area contributed by atoms with Crippen LogP contribution in [0, 0.1) is 0 Å². The van der Waals surface area contributed by atoms with Crippen molar-refractivity contribution in [2.45, 2.75) is 39.9 Å². The van der Waals surface area contributed by atoms with Gasteiger partial charge in [0, 0.05) is 32.4 Å². The molecule has 0 aliphatic rings. The fourth-order valence-corrected chi connectivity index (χ4v) is 2.37. The molecule has 0 saturated carbocycles. The number of amides is 1. The third-order valence-electron chi connectivity index (χ3n) is 3.78. The van der Waals surface area contributed by atoms with E-state index in [9.17, 15) is 4.79 Å². The summed E-state index contributed by atoms with van der Waals surface area (Å²) in [5.41, 5.74) is 2.39. The van der Waals surface area contributed by atoms with E-state index in [1.165, 1.54) is 10.9 Å². The molecule has 0 saturated heterocycles. The first kappa shape index (κ1) is 15.6. The third kappa shape index (κ3) is 3.64. The molecule has 2 aromatic rings. The third-order valence-corrected chi connectivity index (χ3v) is 3.78. The van der Waals surface area contributed by atoms with Crippen LogP contribution in [0.4, 0.5) is 0 Å². The molecule has 1 aromatic heterocycles. The van der Waals surface area contributed by atoms with Gasteiger partial charge in [0.2, 0.25) is 5.91 Å². The van der Waals surface area contributed by atoms with Crippen molar-refractivity contribution < 1.29 is 4.79 Å². The van der Waals surface area contributed by atoms with Gasteiger partial charge < -0.3 is 14.8 Å². The van der Waals surface area contributed by atoms with E-state index in [0.29, 0.717) is 12.6 Å². The van der Waals surface area contributed by atoms with E-state index in [1.54, 1.807) is 4.90 Å². The zero-order chi connectivity index (χ0) is 15.4. The van der Waals surface area contributed by atoms with E-state index < -0.39 is 0 Å². The SMILES string of the molecule is CCN(C)C(=O)Cn1ccc2cccc(CNC(C)C)c21. The van der Waals surface area contributed by atoms with Crippen LogP contribution in [0.2, 0.25) is 0 Å². The van der Waals surface area contributed by atoms with Crippen molar-refractivity contribution in [2.24, 2.45) is 0 Å². The lowest BCUT2D eigenvalue weighted by Gasteiger charge is -2.16. The lowest BCUT2D eigenvalue weighted by molar-refractivity contribution is -0.130. The lowest BCUT2D eigenvalue weighted by Crippen LogP contribution is -2.29. The first-order valence-electron chi connectivity index (χ1n) is 7.57. The predicted octanol–water partition coefficient (Wildman–Crippen LogP) is 2.62. The molecule has 2 rings (SSSR count). The summed E-state index contributed by atoms with van der Waals surface area (Å²) in [4.78, 5) is 13.9. The molecule has 0 fully saturated rings. The number of aromatic nitrogens is 1. The maximum absolute atomic E-state index is 12.2. The van der Waals surface area contributed by atoms with Crippen LogP contribution >= 0.6 is 0 Å². The maximum Gasteiger partial charge on any atom is 0.242 e. The van der Waals surface area contributed by atoms with Gasteiger partial charge >= 0.3 is 0 Å². The van der Waals surface area contributed by atoms with Crippen molar-refractivity contribution >= 4 is 16.8 Å². The summed E-state index contributed by atoms with van der Waals surface area (Å²) < 4.78 is 2.06. The number of carbonyl (C=O) groups excluding carboxylic acids is 1. The second-order valence-electron chi connectivity index (χ2n) is 5.74. The zero-order valence-electron chi connectivity index (χ0n) is 13.4. The van der Waals surface area contributed by atoms with E-state index in [-0.39, 0.29) is 5.91 Å². The van der Waals surface area contributed by atoms with Gasteiger partial charge in [-0.3, -0.25) is 4.79 Å². The van der Waals surface area contributed by atoms with Crippen LogP contribution in [0.1, 0.15) is 26.3 Å². The van der Waals surface area contributed by atoms with Gasteiger partial charge in [-0.1, -0.05) is 32.0 Å². The van der Waals surface area contributed by atoms with Crippen LogP contribution in [0.25, 0.3) is 10.9 Å². The minimum atomic E-state index is 0.140. The first-order valence-corrected chi connectivity index (χ1v) is 7.57. The van der Waals surface area contributed by atoms with Gasteiger partial charge in [0.1, 0.15) is 6.54 Å². The smallest absolute Gasteiger partial charge is 0.242 e. The minimum absolute atomic E-state index is 0.140. The van der Waals surface area contributed by atoms with Crippen molar-refractivity contribution in [3.63, 3.8) is 0 Å². The summed E-state index contributed by atoms with van der Waals surface area (Å²) in [6, 6.07) is 8.81. The Morgan fingerprint density at radius 3 is 2.76 bits per heavy atom.